The van der Waals surface area contributed by atoms with Crippen LogP contribution in [0, 0.1) is 0 Å². The number of hydrogen-bond acceptors (Lipinski definition) is 4. The van der Waals surface area contributed by atoms with Crippen LogP contribution in [0.4, 0.5) is 0 Å². The normalized spacial score (nSPS) is 22.8. The molecule has 0 unspecified atom stereocenters. The summed E-state index contributed by atoms with van der Waals surface area (Å²) in [4.78, 5) is 11.0. The number of rotatable bonds is 2. The molecule has 0 aromatic rings. The number of nitrogens with two attached hydrogens (primary N) is 2. The van der Waals surface area contributed by atoms with Crippen LogP contribution in [-0.4, -0.2) is 31.2 Å². The minimum Gasteiger partial charge on any atom is -0.342 e. The second-order valence-electron chi connectivity index (χ2n) is 2.35. The minimum atomic E-state index is -0.708. The molecule has 5 heteroatoms. The molecule has 0 bridgehead atoms. The summed E-state index contributed by atoms with van der Waals surface area (Å²) >= 11 is 0. The predicted molar refractivity (Wildman–Crippen MR) is 37.0 cm³/mol. The highest BCUT2D eigenvalue weighted by molar-refractivity contribution is 5.88. The molecule has 0 aromatic heterocycles. The molecule has 10 heavy (non-hydrogen) atoms. The van der Waals surface area contributed by atoms with E-state index in [4.69, 9.17) is 11.5 Å². The fraction of sp³-hybridized carbons (Fsp3) is 0.800. The molecule has 0 atom stereocenters. The van der Waals surface area contributed by atoms with E-state index in [9.17, 15) is 4.79 Å². The van der Waals surface area contributed by atoms with Gasteiger partial charge in [-0.05, 0) is 0 Å². The van der Waals surface area contributed by atoms with E-state index in [-0.39, 0.29) is 19.0 Å². The third kappa shape index (κ3) is 0.880. The lowest BCUT2D eigenvalue weighted by atomic mass is 10.0. The first-order valence-corrected chi connectivity index (χ1v) is 3.18. The SMILES string of the molecule is NCC1(CN)NCNC1=O. The Morgan fingerprint density at radius 3 is 2.30 bits per heavy atom. The molecule has 1 fully saturated rings. The standard InChI is InChI=1S/C5H12N4O/c6-1-5(2-7)4(10)8-3-9-5/h9H,1-3,6-7H2,(H,8,10). The Kier molecular flexibility index (Phi) is 1.89. The molecule has 1 aliphatic rings. The van der Waals surface area contributed by atoms with Gasteiger partial charge >= 0.3 is 0 Å². The Morgan fingerprint density at radius 2 is 2.10 bits per heavy atom. The van der Waals surface area contributed by atoms with Crippen LogP contribution in [0.15, 0.2) is 0 Å². The summed E-state index contributed by atoms with van der Waals surface area (Å²) in [5.41, 5.74) is 10.0. The summed E-state index contributed by atoms with van der Waals surface area (Å²) in [7, 11) is 0. The molecule has 1 aliphatic heterocycles. The van der Waals surface area contributed by atoms with Gasteiger partial charge in [-0.3, -0.25) is 10.1 Å². The van der Waals surface area contributed by atoms with E-state index in [2.05, 4.69) is 10.6 Å². The molecule has 6 N–H and O–H groups in total. The summed E-state index contributed by atoms with van der Waals surface area (Å²) in [5, 5.41) is 5.51. The predicted octanol–water partition coefficient (Wildman–Crippen LogP) is -2.68. The summed E-state index contributed by atoms with van der Waals surface area (Å²) in [6.45, 7) is 0.956. The van der Waals surface area contributed by atoms with Gasteiger partial charge < -0.3 is 16.8 Å². The van der Waals surface area contributed by atoms with Crippen molar-refractivity contribution in [2.45, 2.75) is 5.54 Å². The van der Waals surface area contributed by atoms with Gasteiger partial charge in [0.05, 0.1) is 6.67 Å². The molecule has 1 saturated heterocycles. The number of hydrogen-bond donors (Lipinski definition) is 4. The highest BCUT2D eigenvalue weighted by Crippen LogP contribution is 2.03. The maximum Gasteiger partial charge on any atom is 0.243 e. The zero-order valence-corrected chi connectivity index (χ0v) is 5.68. The molecule has 0 radical (unpaired) electrons. The van der Waals surface area contributed by atoms with Gasteiger partial charge in [0.15, 0.2) is 0 Å². The average molecular weight is 144 g/mol. The van der Waals surface area contributed by atoms with Gasteiger partial charge in [0.2, 0.25) is 5.91 Å². The number of amides is 1. The van der Waals surface area contributed by atoms with Crippen LogP contribution in [0.1, 0.15) is 0 Å². The van der Waals surface area contributed by atoms with Crippen LogP contribution in [-0.2, 0) is 4.79 Å². The van der Waals surface area contributed by atoms with E-state index in [0.29, 0.717) is 6.67 Å². The van der Waals surface area contributed by atoms with Crippen LogP contribution in [0.5, 0.6) is 0 Å². The molecule has 0 saturated carbocycles. The van der Waals surface area contributed by atoms with Crippen LogP contribution in [0.25, 0.3) is 0 Å². The fourth-order valence-electron chi connectivity index (χ4n) is 0.956. The number of carbonyl (C=O) groups is 1. The van der Waals surface area contributed by atoms with Crippen molar-refractivity contribution >= 4 is 5.91 Å². The second-order valence-corrected chi connectivity index (χ2v) is 2.35. The van der Waals surface area contributed by atoms with Crippen LogP contribution in [0.2, 0.25) is 0 Å². The molecule has 5 nitrogen and oxygen atoms in total. The smallest absolute Gasteiger partial charge is 0.243 e. The van der Waals surface area contributed by atoms with E-state index in [1.807, 2.05) is 0 Å². The monoisotopic (exact) mass is 144 g/mol. The Morgan fingerprint density at radius 1 is 1.50 bits per heavy atom. The van der Waals surface area contributed by atoms with Gasteiger partial charge in [0, 0.05) is 13.1 Å². The highest BCUT2D eigenvalue weighted by atomic mass is 16.2. The topological polar surface area (TPSA) is 93.2 Å². The summed E-state index contributed by atoms with van der Waals surface area (Å²) in [5.74, 6) is -0.0995. The van der Waals surface area contributed by atoms with Crippen molar-refractivity contribution in [3.63, 3.8) is 0 Å². The lowest BCUT2D eigenvalue weighted by molar-refractivity contribution is -0.123. The van der Waals surface area contributed by atoms with Crippen molar-refractivity contribution in [1.29, 1.82) is 0 Å². The van der Waals surface area contributed by atoms with Gasteiger partial charge in [0.1, 0.15) is 5.54 Å². The van der Waals surface area contributed by atoms with Crippen molar-refractivity contribution in [2.75, 3.05) is 19.8 Å². The molecular formula is C5H12N4O. The van der Waals surface area contributed by atoms with E-state index in [0.717, 1.165) is 0 Å². The second kappa shape index (κ2) is 2.53. The first kappa shape index (κ1) is 7.46. The number of nitrogens with one attached hydrogen (secondary N) is 2. The molecule has 1 heterocycles. The van der Waals surface area contributed by atoms with E-state index in [1.54, 1.807) is 0 Å². The van der Waals surface area contributed by atoms with E-state index < -0.39 is 5.54 Å². The van der Waals surface area contributed by atoms with Gasteiger partial charge in [0.25, 0.3) is 0 Å². The van der Waals surface area contributed by atoms with Crippen molar-refractivity contribution in [1.82, 2.24) is 10.6 Å². The number of carbonyl (C=O) groups excluding carboxylic acids is 1. The van der Waals surface area contributed by atoms with Gasteiger partial charge in [-0.2, -0.15) is 0 Å². The average Bonchev–Trinajstić information content (AvgIpc) is 2.32. The van der Waals surface area contributed by atoms with Gasteiger partial charge in [-0.25, -0.2) is 0 Å². The molecule has 1 amide bonds. The van der Waals surface area contributed by atoms with Crippen molar-refractivity contribution in [3.8, 4) is 0 Å². The third-order valence-corrected chi connectivity index (χ3v) is 1.81. The molecule has 0 aliphatic carbocycles. The van der Waals surface area contributed by atoms with Crippen LogP contribution in [0.3, 0.4) is 0 Å². The first-order chi connectivity index (χ1) is 4.75. The maximum atomic E-state index is 11.0. The zero-order valence-electron chi connectivity index (χ0n) is 5.68. The lowest BCUT2D eigenvalue weighted by Gasteiger charge is -2.21. The minimum absolute atomic E-state index is 0.0995. The summed E-state index contributed by atoms with van der Waals surface area (Å²) in [6, 6.07) is 0. The van der Waals surface area contributed by atoms with Gasteiger partial charge in [-0.15, -0.1) is 0 Å². The van der Waals surface area contributed by atoms with Crippen LogP contribution < -0.4 is 22.1 Å². The largest absolute Gasteiger partial charge is 0.342 e. The Labute approximate surface area is 59.1 Å². The van der Waals surface area contributed by atoms with Crippen LogP contribution >= 0.6 is 0 Å². The zero-order chi connectivity index (χ0) is 7.61. The Balaban J connectivity index is 2.71. The Bertz CT molecular complexity index is 143. The molecule has 0 spiro atoms. The molecule has 0 aromatic carbocycles. The summed E-state index contributed by atoms with van der Waals surface area (Å²) < 4.78 is 0. The fourth-order valence-corrected chi connectivity index (χ4v) is 0.956. The quantitative estimate of drug-likeness (QED) is 0.340. The maximum absolute atomic E-state index is 11.0. The lowest BCUT2D eigenvalue weighted by Crippen LogP contribution is -2.57. The van der Waals surface area contributed by atoms with Gasteiger partial charge in [-0.1, -0.05) is 0 Å². The van der Waals surface area contributed by atoms with E-state index >= 15 is 0 Å². The molecule has 58 valence electrons. The molecule has 1 rings (SSSR count). The highest BCUT2D eigenvalue weighted by Gasteiger charge is 2.39. The third-order valence-electron chi connectivity index (χ3n) is 1.81. The van der Waals surface area contributed by atoms with Crippen molar-refractivity contribution in [3.05, 3.63) is 0 Å². The molecular weight excluding hydrogens is 132 g/mol. The first-order valence-electron chi connectivity index (χ1n) is 3.18. The Hall–Kier alpha value is -0.650. The van der Waals surface area contributed by atoms with Crippen molar-refractivity contribution in [2.24, 2.45) is 11.5 Å². The van der Waals surface area contributed by atoms with E-state index in [1.165, 1.54) is 0 Å². The van der Waals surface area contributed by atoms with Crippen molar-refractivity contribution < 1.29 is 4.79 Å². The summed E-state index contributed by atoms with van der Waals surface area (Å²) in [6.07, 6.45) is 0.